The van der Waals surface area contributed by atoms with E-state index in [-0.39, 0.29) is 0 Å². The van der Waals surface area contributed by atoms with Crippen LogP contribution < -0.4 is 9.47 Å². The van der Waals surface area contributed by atoms with Crippen molar-refractivity contribution >= 4 is 6.21 Å². The summed E-state index contributed by atoms with van der Waals surface area (Å²) in [6.45, 7) is 2.22. The van der Waals surface area contributed by atoms with E-state index in [4.69, 9.17) is 9.47 Å². The van der Waals surface area contributed by atoms with E-state index in [1.165, 1.54) is 11.1 Å². The third kappa shape index (κ3) is 1.77. The number of methoxy groups -OCH3 is 2. The van der Waals surface area contributed by atoms with Gasteiger partial charge in [-0.15, -0.1) is 0 Å². The van der Waals surface area contributed by atoms with Gasteiger partial charge in [0.25, 0.3) is 0 Å². The van der Waals surface area contributed by atoms with Crippen molar-refractivity contribution in [1.29, 1.82) is 0 Å². The summed E-state index contributed by atoms with van der Waals surface area (Å²) in [5.41, 5.74) is 2.54. The Balaban J connectivity index is 2.51. The maximum Gasteiger partial charge on any atom is 0.171 e. The predicted molar refractivity (Wildman–Crippen MR) is 64.1 cm³/mol. The van der Waals surface area contributed by atoms with E-state index in [0.29, 0.717) is 6.04 Å². The van der Waals surface area contributed by atoms with Crippen molar-refractivity contribution in [3.05, 3.63) is 23.3 Å². The van der Waals surface area contributed by atoms with Crippen LogP contribution in [-0.2, 0) is 6.42 Å². The standard InChI is InChI=1S/C13H18NO2/c1-9-5-10-6-12(15-3)13(16-4)7-11(10)8-14(9)2/h6-9H,5H2,1-4H3/q+1/t9-/m0/s1. The lowest BCUT2D eigenvalue weighted by molar-refractivity contribution is -0.530. The van der Waals surface area contributed by atoms with Gasteiger partial charge in [-0.3, -0.25) is 0 Å². The van der Waals surface area contributed by atoms with E-state index in [0.717, 1.165) is 17.9 Å². The fourth-order valence-electron chi connectivity index (χ4n) is 2.04. The minimum Gasteiger partial charge on any atom is -0.493 e. The molecule has 0 aromatic heterocycles. The normalized spacial score (nSPS) is 18.8. The Morgan fingerprint density at radius 3 is 2.44 bits per heavy atom. The number of likely N-dealkylation sites (N-methyl/N-ethyl adjacent to an activating group) is 1. The smallest absolute Gasteiger partial charge is 0.171 e. The molecule has 86 valence electrons. The highest BCUT2D eigenvalue weighted by Crippen LogP contribution is 2.31. The Morgan fingerprint density at radius 1 is 1.19 bits per heavy atom. The number of nitrogens with zero attached hydrogens (tertiary/aromatic N) is 1. The van der Waals surface area contributed by atoms with Gasteiger partial charge in [-0.05, 0) is 24.6 Å². The van der Waals surface area contributed by atoms with Gasteiger partial charge in [0.05, 0.1) is 14.2 Å². The molecule has 3 nitrogen and oxygen atoms in total. The second-order valence-corrected chi connectivity index (χ2v) is 4.25. The summed E-state index contributed by atoms with van der Waals surface area (Å²) >= 11 is 0. The lowest BCUT2D eigenvalue weighted by Gasteiger charge is -2.18. The number of fused-ring (bicyclic) bond motifs is 1. The fourth-order valence-corrected chi connectivity index (χ4v) is 2.04. The topological polar surface area (TPSA) is 21.5 Å². The molecular weight excluding hydrogens is 202 g/mol. The first-order valence-corrected chi connectivity index (χ1v) is 5.47. The summed E-state index contributed by atoms with van der Waals surface area (Å²) in [5, 5.41) is 0. The van der Waals surface area contributed by atoms with E-state index < -0.39 is 0 Å². The molecule has 2 rings (SSSR count). The van der Waals surface area contributed by atoms with Crippen LogP contribution >= 0.6 is 0 Å². The zero-order chi connectivity index (χ0) is 11.7. The average molecular weight is 220 g/mol. The molecule has 0 amide bonds. The van der Waals surface area contributed by atoms with Crippen molar-refractivity contribution in [3.63, 3.8) is 0 Å². The molecule has 3 heteroatoms. The number of hydrogen-bond donors (Lipinski definition) is 0. The lowest BCUT2D eigenvalue weighted by atomic mass is 9.97. The summed E-state index contributed by atoms with van der Waals surface area (Å²) < 4.78 is 12.8. The Labute approximate surface area is 96.3 Å². The van der Waals surface area contributed by atoms with Crippen molar-refractivity contribution in [1.82, 2.24) is 0 Å². The van der Waals surface area contributed by atoms with Gasteiger partial charge in [-0.1, -0.05) is 0 Å². The summed E-state index contributed by atoms with van der Waals surface area (Å²) in [5.74, 6) is 1.60. The summed E-state index contributed by atoms with van der Waals surface area (Å²) in [6, 6.07) is 4.65. The summed E-state index contributed by atoms with van der Waals surface area (Å²) in [7, 11) is 5.44. The molecule has 0 aliphatic carbocycles. The van der Waals surface area contributed by atoms with Gasteiger partial charge in [0.15, 0.2) is 23.8 Å². The third-order valence-electron chi connectivity index (χ3n) is 3.20. The van der Waals surface area contributed by atoms with Crippen LogP contribution in [0.4, 0.5) is 0 Å². The van der Waals surface area contributed by atoms with Crippen LogP contribution in [0.2, 0.25) is 0 Å². The maximum atomic E-state index is 5.31. The number of hydrogen-bond acceptors (Lipinski definition) is 2. The first-order valence-electron chi connectivity index (χ1n) is 5.47. The van der Waals surface area contributed by atoms with Crippen LogP contribution in [0, 0.1) is 0 Å². The quantitative estimate of drug-likeness (QED) is 0.708. The van der Waals surface area contributed by atoms with E-state index in [1.54, 1.807) is 14.2 Å². The van der Waals surface area contributed by atoms with Crippen molar-refractivity contribution in [3.8, 4) is 11.5 Å². The molecule has 1 aromatic carbocycles. The van der Waals surface area contributed by atoms with Crippen LogP contribution in [0.1, 0.15) is 18.1 Å². The Kier molecular flexibility index (Phi) is 2.86. The van der Waals surface area contributed by atoms with Crippen molar-refractivity contribution in [2.75, 3.05) is 21.3 Å². The molecule has 1 aromatic rings. The average Bonchev–Trinajstić information content (AvgIpc) is 2.29. The second kappa shape index (κ2) is 4.16. The minimum absolute atomic E-state index is 0.533. The second-order valence-electron chi connectivity index (χ2n) is 4.25. The number of ether oxygens (including phenoxy) is 2. The molecule has 1 aliphatic rings. The molecule has 16 heavy (non-hydrogen) atoms. The monoisotopic (exact) mass is 220 g/mol. The molecule has 0 saturated carbocycles. The van der Waals surface area contributed by atoms with Gasteiger partial charge >= 0.3 is 0 Å². The van der Waals surface area contributed by atoms with Gasteiger partial charge in [-0.2, -0.15) is 0 Å². The molecule has 1 heterocycles. The molecule has 0 unspecified atom stereocenters. The van der Waals surface area contributed by atoms with Crippen LogP contribution in [0.25, 0.3) is 0 Å². The lowest BCUT2D eigenvalue weighted by Crippen LogP contribution is -2.28. The molecule has 0 saturated heterocycles. The molecule has 1 aliphatic heterocycles. The SMILES string of the molecule is COc1cc2c(cc1OC)C[C@H](C)[N+](C)=C2. The van der Waals surface area contributed by atoms with Crippen LogP contribution in [0.3, 0.4) is 0 Å². The highest BCUT2D eigenvalue weighted by atomic mass is 16.5. The molecule has 0 fully saturated rings. The van der Waals surface area contributed by atoms with E-state index in [1.807, 2.05) is 6.07 Å². The van der Waals surface area contributed by atoms with Crippen LogP contribution in [-0.4, -0.2) is 38.1 Å². The maximum absolute atomic E-state index is 5.31. The van der Waals surface area contributed by atoms with Crippen molar-refractivity contribution in [2.45, 2.75) is 19.4 Å². The zero-order valence-electron chi connectivity index (χ0n) is 10.3. The highest BCUT2D eigenvalue weighted by molar-refractivity contribution is 5.80. The molecule has 0 bridgehead atoms. The summed E-state index contributed by atoms with van der Waals surface area (Å²) in [4.78, 5) is 0. The first kappa shape index (κ1) is 11.0. The van der Waals surface area contributed by atoms with Gasteiger partial charge in [0, 0.05) is 12.0 Å². The molecule has 0 radical (unpaired) electrons. The number of benzene rings is 1. The van der Waals surface area contributed by atoms with Crippen molar-refractivity contribution in [2.24, 2.45) is 0 Å². The fraction of sp³-hybridized carbons (Fsp3) is 0.462. The van der Waals surface area contributed by atoms with E-state index in [2.05, 4.69) is 30.8 Å². The van der Waals surface area contributed by atoms with Gasteiger partial charge in [-0.25, -0.2) is 4.58 Å². The van der Waals surface area contributed by atoms with Crippen molar-refractivity contribution < 1.29 is 14.0 Å². The van der Waals surface area contributed by atoms with Crippen LogP contribution in [0.15, 0.2) is 12.1 Å². The highest BCUT2D eigenvalue weighted by Gasteiger charge is 2.22. The van der Waals surface area contributed by atoms with E-state index in [9.17, 15) is 0 Å². The molecular formula is C13H18NO2+. The van der Waals surface area contributed by atoms with Gasteiger partial charge in [0.1, 0.15) is 7.05 Å². The minimum atomic E-state index is 0.533. The molecule has 0 spiro atoms. The third-order valence-corrected chi connectivity index (χ3v) is 3.20. The Bertz CT molecular complexity index is 438. The number of rotatable bonds is 2. The van der Waals surface area contributed by atoms with E-state index >= 15 is 0 Å². The molecule has 1 atom stereocenters. The summed E-state index contributed by atoms with van der Waals surface area (Å²) in [6.07, 6.45) is 3.20. The van der Waals surface area contributed by atoms with Gasteiger partial charge in [0.2, 0.25) is 0 Å². The molecule has 0 N–H and O–H groups in total. The van der Waals surface area contributed by atoms with Crippen LogP contribution in [0.5, 0.6) is 11.5 Å². The first-order chi connectivity index (χ1) is 7.65. The Morgan fingerprint density at radius 2 is 1.81 bits per heavy atom. The Hall–Kier alpha value is -1.51. The predicted octanol–water partition coefficient (Wildman–Crippen LogP) is 1.71. The largest absolute Gasteiger partial charge is 0.493 e. The zero-order valence-corrected chi connectivity index (χ0v) is 10.3. The van der Waals surface area contributed by atoms with Gasteiger partial charge < -0.3 is 9.47 Å².